The summed E-state index contributed by atoms with van der Waals surface area (Å²) < 4.78 is 5.15. The fourth-order valence-corrected chi connectivity index (χ4v) is 4.04. The quantitative estimate of drug-likeness (QED) is 0.263. The molecule has 1 aliphatic rings. The van der Waals surface area contributed by atoms with Gasteiger partial charge in [-0.3, -0.25) is 19.6 Å². The molecule has 0 aromatic heterocycles. The van der Waals surface area contributed by atoms with Gasteiger partial charge in [-0.25, -0.2) is 5.06 Å². The fourth-order valence-electron chi connectivity index (χ4n) is 4.04. The first-order valence-corrected chi connectivity index (χ1v) is 10.5. The molecule has 0 unspecified atom stereocenters. The second-order valence-corrected chi connectivity index (χ2v) is 9.21. The molecule has 0 heterocycles. The minimum atomic E-state index is -0.743. The average Bonchev–Trinajstić information content (AvgIpc) is 3.23. The van der Waals surface area contributed by atoms with E-state index >= 15 is 0 Å². The summed E-state index contributed by atoms with van der Waals surface area (Å²) >= 11 is 0. The number of amides is 2. The van der Waals surface area contributed by atoms with Gasteiger partial charge in [-0.05, 0) is 42.0 Å². The fraction of sp³-hybridized carbons (Fsp3) is 0.609. The van der Waals surface area contributed by atoms with E-state index in [1.54, 1.807) is 31.4 Å². The number of hydrogen-bond acceptors (Lipinski definition) is 5. The minimum Gasteiger partial charge on any atom is -0.497 e. The maximum absolute atomic E-state index is 13.2. The lowest BCUT2D eigenvalue weighted by atomic mass is 9.81. The molecule has 1 saturated carbocycles. The van der Waals surface area contributed by atoms with Crippen LogP contribution in [0.2, 0.25) is 0 Å². The number of nitrogens with one attached hydrogen (secondary N) is 1. The average molecular weight is 419 g/mol. The number of carbonyl (C=O) groups excluding carboxylic acids is 3. The second-order valence-electron chi connectivity index (χ2n) is 9.21. The predicted molar refractivity (Wildman–Crippen MR) is 113 cm³/mol. The standard InChI is InChI=1S/C23H34N2O5/c1-23(2,3)21(20(27)17-9-11-19(30-4)12-10-17)24-22(28)18(14-25(29)15-26)13-16-7-5-6-8-16/h9-12,15-16,18,21,29H,5-8,13-14H2,1-4H3,(H,24,28)/t18-,21-/m0/s1. The summed E-state index contributed by atoms with van der Waals surface area (Å²) in [4.78, 5) is 37.2. The Labute approximate surface area is 178 Å². The van der Waals surface area contributed by atoms with E-state index in [2.05, 4.69) is 5.32 Å². The summed E-state index contributed by atoms with van der Waals surface area (Å²) in [7, 11) is 1.56. The Kier molecular flexibility index (Phi) is 8.41. The van der Waals surface area contributed by atoms with Gasteiger partial charge in [-0.2, -0.15) is 0 Å². The third-order valence-corrected chi connectivity index (χ3v) is 5.78. The van der Waals surface area contributed by atoms with Crippen LogP contribution in [0.1, 0.15) is 63.2 Å². The highest BCUT2D eigenvalue weighted by Crippen LogP contribution is 2.31. The molecule has 2 atom stereocenters. The number of ketones is 1. The first-order chi connectivity index (χ1) is 14.2. The van der Waals surface area contributed by atoms with Gasteiger partial charge in [-0.15, -0.1) is 0 Å². The van der Waals surface area contributed by atoms with Crippen LogP contribution in [0, 0.1) is 17.3 Å². The SMILES string of the molecule is COc1ccc(C(=O)[C@H](NC(=O)[C@@H](CC2CCCC2)CN(O)C=O)C(C)(C)C)cc1. The van der Waals surface area contributed by atoms with Crippen LogP contribution < -0.4 is 10.1 Å². The van der Waals surface area contributed by atoms with Crippen molar-refractivity contribution in [1.82, 2.24) is 10.4 Å². The highest BCUT2D eigenvalue weighted by molar-refractivity contribution is 6.02. The van der Waals surface area contributed by atoms with Crippen molar-refractivity contribution in [3.63, 3.8) is 0 Å². The smallest absolute Gasteiger partial charge is 0.233 e. The lowest BCUT2D eigenvalue weighted by Gasteiger charge is -2.32. The van der Waals surface area contributed by atoms with Crippen molar-refractivity contribution >= 4 is 18.1 Å². The molecule has 7 heteroatoms. The summed E-state index contributed by atoms with van der Waals surface area (Å²) in [6.07, 6.45) is 5.25. The first kappa shape index (κ1) is 23.9. The van der Waals surface area contributed by atoms with Gasteiger partial charge in [0, 0.05) is 5.56 Å². The van der Waals surface area contributed by atoms with E-state index in [0.717, 1.165) is 25.7 Å². The summed E-state index contributed by atoms with van der Waals surface area (Å²) in [5.41, 5.74) is -0.0335. The molecule has 166 valence electrons. The van der Waals surface area contributed by atoms with E-state index in [9.17, 15) is 19.6 Å². The van der Waals surface area contributed by atoms with Crippen molar-refractivity contribution in [3.8, 4) is 5.75 Å². The van der Waals surface area contributed by atoms with Gasteiger partial charge in [0.2, 0.25) is 12.3 Å². The zero-order valence-corrected chi connectivity index (χ0v) is 18.4. The van der Waals surface area contributed by atoms with E-state index in [0.29, 0.717) is 35.1 Å². The molecule has 2 amide bonds. The van der Waals surface area contributed by atoms with Crippen LogP contribution in [-0.2, 0) is 9.59 Å². The Morgan fingerprint density at radius 1 is 1.23 bits per heavy atom. The lowest BCUT2D eigenvalue weighted by Crippen LogP contribution is -2.52. The summed E-state index contributed by atoms with van der Waals surface area (Å²) in [5.74, 6) is -0.0293. The van der Waals surface area contributed by atoms with Crippen molar-refractivity contribution < 1.29 is 24.3 Å². The Morgan fingerprint density at radius 2 is 1.83 bits per heavy atom. The van der Waals surface area contributed by atoms with Crippen molar-refractivity contribution in [2.45, 2.75) is 58.9 Å². The Hall–Kier alpha value is -2.41. The zero-order chi connectivity index (χ0) is 22.3. The Morgan fingerprint density at radius 3 is 2.33 bits per heavy atom. The van der Waals surface area contributed by atoms with Gasteiger partial charge in [0.25, 0.3) is 0 Å². The van der Waals surface area contributed by atoms with Gasteiger partial charge < -0.3 is 10.1 Å². The number of ether oxygens (including phenoxy) is 1. The molecule has 30 heavy (non-hydrogen) atoms. The minimum absolute atomic E-state index is 0.0839. The van der Waals surface area contributed by atoms with Crippen molar-refractivity contribution in [3.05, 3.63) is 29.8 Å². The molecular weight excluding hydrogens is 384 g/mol. The molecule has 1 aliphatic carbocycles. The highest BCUT2D eigenvalue weighted by Gasteiger charge is 2.36. The van der Waals surface area contributed by atoms with Crippen LogP contribution in [0.4, 0.5) is 0 Å². The largest absolute Gasteiger partial charge is 0.497 e. The maximum atomic E-state index is 13.2. The topological polar surface area (TPSA) is 95.9 Å². The molecule has 1 fully saturated rings. The molecule has 0 radical (unpaired) electrons. The zero-order valence-electron chi connectivity index (χ0n) is 18.4. The van der Waals surface area contributed by atoms with Crippen LogP contribution >= 0.6 is 0 Å². The number of methoxy groups -OCH3 is 1. The molecule has 0 spiro atoms. The Bertz CT molecular complexity index is 720. The summed E-state index contributed by atoms with van der Waals surface area (Å²) in [6.45, 7) is 5.61. The Balaban J connectivity index is 2.19. The van der Waals surface area contributed by atoms with Gasteiger partial charge >= 0.3 is 0 Å². The molecule has 1 aromatic carbocycles. The number of benzene rings is 1. The third kappa shape index (κ3) is 6.55. The lowest BCUT2D eigenvalue weighted by molar-refractivity contribution is -0.155. The number of carbonyl (C=O) groups is 3. The summed E-state index contributed by atoms with van der Waals surface area (Å²) in [6, 6.07) is 6.05. The van der Waals surface area contributed by atoms with Crippen LogP contribution in [0.25, 0.3) is 0 Å². The summed E-state index contributed by atoms with van der Waals surface area (Å²) in [5, 5.41) is 13.1. The highest BCUT2D eigenvalue weighted by atomic mass is 16.5. The molecule has 2 rings (SSSR count). The van der Waals surface area contributed by atoms with E-state index in [1.165, 1.54) is 0 Å². The molecular formula is C23H34N2O5. The van der Waals surface area contributed by atoms with Gasteiger partial charge in [0.05, 0.1) is 25.6 Å². The number of hydrogen-bond donors (Lipinski definition) is 2. The van der Waals surface area contributed by atoms with E-state index < -0.39 is 17.4 Å². The van der Waals surface area contributed by atoms with Crippen molar-refractivity contribution in [2.24, 2.45) is 17.3 Å². The normalized spacial score (nSPS) is 16.6. The molecule has 7 nitrogen and oxygen atoms in total. The van der Waals surface area contributed by atoms with Crippen LogP contribution in [0.15, 0.2) is 24.3 Å². The van der Waals surface area contributed by atoms with Crippen LogP contribution in [0.3, 0.4) is 0 Å². The monoisotopic (exact) mass is 418 g/mol. The molecule has 0 bridgehead atoms. The second kappa shape index (κ2) is 10.6. The predicted octanol–water partition coefficient (Wildman–Crippen LogP) is 3.45. The van der Waals surface area contributed by atoms with E-state index in [1.807, 2.05) is 20.8 Å². The molecule has 0 saturated heterocycles. The van der Waals surface area contributed by atoms with Crippen molar-refractivity contribution in [1.29, 1.82) is 0 Å². The number of rotatable bonds is 10. The molecule has 1 aromatic rings. The number of nitrogens with zero attached hydrogens (tertiary/aromatic N) is 1. The molecule has 2 N–H and O–H groups in total. The van der Waals surface area contributed by atoms with E-state index in [4.69, 9.17) is 4.74 Å². The molecule has 0 aliphatic heterocycles. The first-order valence-electron chi connectivity index (χ1n) is 10.5. The van der Waals surface area contributed by atoms with Gasteiger partial charge in [0.15, 0.2) is 5.78 Å². The number of Topliss-reactive ketones (excluding diaryl/α,β-unsaturated/α-hetero) is 1. The van der Waals surface area contributed by atoms with Gasteiger partial charge in [-0.1, -0.05) is 46.5 Å². The van der Waals surface area contributed by atoms with E-state index in [-0.39, 0.29) is 18.2 Å². The van der Waals surface area contributed by atoms with Crippen molar-refractivity contribution in [2.75, 3.05) is 13.7 Å². The maximum Gasteiger partial charge on any atom is 0.233 e. The van der Waals surface area contributed by atoms with Crippen LogP contribution in [-0.4, -0.2) is 48.1 Å². The van der Waals surface area contributed by atoms with Gasteiger partial charge in [0.1, 0.15) is 5.75 Å². The third-order valence-electron chi connectivity index (χ3n) is 5.78. The van der Waals surface area contributed by atoms with Crippen LogP contribution in [0.5, 0.6) is 5.75 Å². The number of hydroxylamine groups is 2.